The zero-order valence-corrected chi connectivity index (χ0v) is 9.31. The number of anilines is 1. The highest BCUT2D eigenvalue weighted by Crippen LogP contribution is 2.22. The molecule has 0 atom stereocenters. The summed E-state index contributed by atoms with van der Waals surface area (Å²) in [6, 6.07) is 4.38. The summed E-state index contributed by atoms with van der Waals surface area (Å²) in [5.74, 6) is -1.36. The van der Waals surface area contributed by atoms with Crippen molar-refractivity contribution in [3.63, 3.8) is 0 Å². The van der Waals surface area contributed by atoms with E-state index in [2.05, 4.69) is 9.47 Å². The smallest absolute Gasteiger partial charge is 0.340 e. The minimum Gasteiger partial charge on any atom is -0.465 e. The first-order valence-corrected chi connectivity index (χ1v) is 4.56. The Morgan fingerprint density at radius 3 is 2.12 bits per heavy atom. The Labute approximate surface area is 97.5 Å². The number of hydrogen-bond donors (Lipinski definition) is 1. The molecule has 88 valence electrons. The number of hydrogen-bond acceptors (Lipinski definition) is 6. The van der Waals surface area contributed by atoms with Gasteiger partial charge in [-0.3, -0.25) is 0 Å². The van der Waals surface area contributed by atoms with Gasteiger partial charge >= 0.3 is 11.9 Å². The van der Waals surface area contributed by atoms with Crippen LogP contribution in [0.2, 0.25) is 0 Å². The second-order valence-electron chi connectivity index (χ2n) is 3.04. The normalized spacial score (nSPS) is 9.24. The highest BCUT2D eigenvalue weighted by Gasteiger charge is 2.20. The molecule has 1 rings (SSSR count). The number of carbonyl (C=O) groups is 2. The summed E-state index contributed by atoms with van der Waals surface area (Å²) in [5.41, 5.74) is 5.49. The Kier molecular flexibility index (Phi) is 3.67. The molecular formula is C11H10N2O4. The summed E-state index contributed by atoms with van der Waals surface area (Å²) < 4.78 is 9.00. The van der Waals surface area contributed by atoms with E-state index >= 15 is 0 Å². The fourth-order valence-corrected chi connectivity index (χ4v) is 1.31. The molecule has 2 N–H and O–H groups in total. The van der Waals surface area contributed by atoms with Crippen LogP contribution in [0.5, 0.6) is 0 Å². The molecule has 6 nitrogen and oxygen atoms in total. The lowest BCUT2D eigenvalue weighted by Crippen LogP contribution is -2.12. The van der Waals surface area contributed by atoms with Crippen molar-refractivity contribution in [1.82, 2.24) is 0 Å². The minimum atomic E-state index is -0.690. The standard InChI is InChI=1S/C11H10N2O4/c1-16-10(14)6-3-4-7(11(15)17-2)9(13)8(6)5-12/h3-4H,13H2,1-2H3. The van der Waals surface area contributed by atoms with Crippen molar-refractivity contribution in [3.8, 4) is 6.07 Å². The summed E-state index contributed by atoms with van der Waals surface area (Å²) in [6.07, 6.45) is 0. The van der Waals surface area contributed by atoms with Gasteiger partial charge in [-0.2, -0.15) is 5.26 Å². The summed E-state index contributed by atoms with van der Waals surface area (Å²) in [4.78, 5) is 22.7. The first kappa shape index (κ1) is 12.5. The summed E-state index contributed by atoms with van der Waals surface area (Å²) in [7, 11) is 2.38. The lowest BCUT2D eigenvalue weighted by atomic mass is 10.0. The predicted octanol–water partition coefficient (Wildman–Crippen LogP) is 0.714. The maximum Gasteiger partial charge on any atom is 0.340 e. The van der Waals surface area contributed by atoms with Gasteiger partial charge in [-0.15, -0.1) is 0 Å². The van der Waals surface area contributed by atoms with Crippen molar-refractivity contribution < 1.29 is 19.1 Å². The topological polar surface area (TPSA) is 102 Å². The van der Waals surface area contributed by atoms with Gasteiger partial charge in [-0.05, 0) is 12.1 Å². The van der Waals surface area contributed by atoms with Gasteiger partial charge < -0.3 is 15.2 Å². The second-order valence-corrected chi connectivity index (χ2v) is 3.04. The highest BCUT2D eigenvalue weighted by molar-refractivity contribution is 6.01. The molecule has 0 unspecified atom stereocenters. The number of carbonyl (C=O) groups excluding carboxylic acids is 2. The summed E-state index contributed by atoms with van der Waals surface area (Å²) in [5, 5.41) is 8.93. The molecule has 0 saturated carbocycles. The average Bonchev–Trinajstić information content (AvgIpc) is 2.36. The maximum atomic E-state index is 11.4. The van der Waals surface area contributed by atoms with E-state index in [1.807, 2.05) is 0 Å². The molecule has 0 bridgehead atoms. The summed E-state index contributed by atoms with van der Waals surface area (Å²) >= 11 is 0. The van der Waals surface area contributed by atoms with Crippen molar-refractivity contribution >= 4 is 17.6 Å². The fraction of sp³-hybridized carbons (Fsp3) is 0.182. The Morgan fingerprint density at radius 2 is 1.65 bits per heavy atom. The lowest BCUT2D eigenvalue weighted by Gasteiger charge is -2.08. The molecule has 0 radical (unpaired) electrons. The zero-order valence-electron chi connectivity index (χ0n) is 9.31. The molecule has 0 aliphatic carbocycles. The monoisotopic (exact) mass is 234 g/mol. The number of nitrogens with two attached hydrogens (primary N) is 1. The number of nitrogens with zero attached hydrogens (tertiary/aromatic N) is 1. The van der Waals surface area contributed by atoms with E-state index in [0.29, 0.717) is 0 Å². The van der Waals surface area contributed by atoms with E-state index in [1.54, 1.807) is 6.07 Å². The molecule has 0 spiro atoms. The van der Waals surface area contributed by atoms with Crippen LogP contribution in [0.4, 0.5) is 5.69 Å². The Hall–Kier alpha value is -2.55. The Morgan fingerprint density at radius 1 is 1.18 bits per heavy atom. The SMILES string of the molecule is COC(=O)c1ccc(C(=O)OC)c(C#N)c1N. The van der Waals surface area contributed by atoms with Gasteiger partial charge in [0.05, 0.1) is 36.6 Å². The first-order chi connectivity index (χ1) is 8.06. The molecule has 0 aromatic heterocycles. The largest absolute Gasteiger partial charge is 0.465 e. The fourth-order valence-electron chi connectivity index (χ4n) is 1.31. The molecule has 0 saturated heterocycles. The molecule has 1 aromatic rings. The van der Waals surface area contributed by atoms with Gasteiger partial charge in [-0.25, -0.2) is 9.59 Å². The van der Waals surface area contributed by atoms with Crippen LogP contribution < -0.4 is 5.73 Å². The number of nitriles is 1. The molecule has 6 heteroatoms. The predicted molar refractivity (Wildman–Crippen MR) is 58.2 cm³/mol. The van der Waals surface area contributed by atoms with Gasteiger partial charge in [0, 0.05) is 0 Å². The number of esters is 2. The molecule has 0 aliphatic heterocycles. The molecule has 0 aliphatic rings. The first-order valence-electron chi connectivity index (χ1n) is 4.56. The van der Waals surface area contributed by atoms with Gasteiger partial charge in [0.1, 0.15) is 6.07 Å². The minimum absolute atomic E-state index is 0.0140. The highest BCUT2D eigenvalue weighted by atomic mass is 16.5. The van der Waals surface area contributed by atoms with Crippen LogP contribution in [0.15, 0.2) is 12.1 Å². The molecular weight excluding hydrogens is 224 g/mol. The number of rotatable bonds is 2. The quantitative estimate of drug-likeness (QED) is 0.597. The summed E-state index contributed by atoms with van der Waals surface area (Å²) in [6.45, 7) is 0. The Bertz CT molecular complexity index is 517. The van der Waals surface area contributed by atoms with Gasteiger partial charge in [0.15, 0.2) is 0 Å². The van der Waals surface area contributed by atoms with Gasteiger partial charge in [-0.1, -0.05) is 0 Å². The van der Waals surface area contributed by atoms with E-state index in [1.165, 1.54) is 26.4 Å². The second kappa shape index (κ2) is 4.99. The third-order valence-electron chi connectivity index (χ3n) is 2.17. The van der Waals surface area contributed by atoms with Crippen LogP contribution in [0.25, 0.3) is 0 Å². The van der Waals surface area contributed by atoms with E-state index in [9.17, 15) is 9.59 Å². The molecule has 0 fully saturated rings. The van der Waals surface area contributed by atoms with Crippen molar-refractivity contribution in [2.75, 3.05) is 20.0 Å². The zero-order chi connectivity index (χ0) is 13.0. The molecule has 17 heavy (non-hydrogen) atoms. The van der Waals surface area contributed by atoms with Crippen LogP contribution in [-0.4, -0.2) is 26.2 Å². The van der Waals surface area contributed by atoms with Crippen LogP contribution in [0.3, 0.4) is 0 Å². The van der Waals surface area contributed by atoms with E-state index < -0.39 is 11.9 Å². The van der Waals surface area contributed by atoms with Crippen molar-refractivity contribution in [2.45, 2.75) is 0 Å². The number of methoxy groups -OCH3 is 2. The number of benzene rings is 1. The van der Waals surface area contributed by atoms with Crippen molar-refractivity contribution in [1.29, 1.82) is 5.26 Å². The van der Waals surface area contributed by atoms with Crippen molar-refractivity contribution in [3.05, 3.63) is 28.8 Å². The lowest BCUT2D eigenvalue weighted by molar-refractivity contribution is 0.0587. The molecule has 0 heterocycles. The van der Waals surface area contributed by atoms with E-state index in [0.717, 1.165) is 0 Å². The third kappa shape index (κ3) is 2.18. The van der Waals surface area contributed by atoms with Crippen LogP contribution in [0, 0.1) is 11.3 Å². The van der Waals surface area contributed by atoms with Gasteiger partial charge in [0.2, 0.25) is 0 Å². The number of nitrogen functional groups attached to an aromatic ring is 1. The molecule has 1 aromatic carbocycles. The van der Waals surface area contributed by atoms with E-state index in [4.69, 9.17) is 11.0 Å². The Balaban J connectivity index is 3.44. The van der Waals surface area contributed by atoms with Gasteiger partial charge in [0.25, 0.3) is 0 Å². The van der Waals surface area contributed by atoms with E-state index in [-0.39, 0.29) is 22.4 Å². The third-order valence-corrected chi connectivity index (χ3v) is 2.17. The average molecular weight is 234 g/mol. The van der Waals surface area contributed by atoms with Crippen LogP contribution >= 0.6 is 0 Å². The molecule has 0 amide bonds. The van der Waals surface area contributed by atoms with Crippen LogP contribution in [0.1, 0.15) is 26.3 Å². The maximum absolute atomic E-state index is 11.4. The van der Waals surface area contributed by atoms with Crippen LogP contribution in [-0.2, 0) is 9.47 Å². The number of ether oxygens (including phenoxy) is 2. The van der Waals surface area contributed by atoms with Crippen molar-refractivity contribution in [2.24, 2.45) is 0 Å².